The molecule has 0 radical (unpaired) electrons. The van der Waals surface area contributed by atoms with Gasteiger partial charge in [-0.05, 0) is 37.5 Å². The third kappa shape index (κ3) is 6.08. The molecule has 0 unspecified atom stereocenters. The Morgan fingerprint density at radius 3 is 2.61 bits per heavy atom. The fourth-order valence-electron chi connectivity index (χ4n) is 2.74. The van der Waals surface area contributed by atoms with Crippen molar-refractivity contribution < 1.29 is 9.47 Å². The quantitative estimate of drug-likeness (QED) is 0.411. The molecule has 0 aromatic heterocycles. The van der Waals surface area contributed by atoms with E-state index in [0.29, 0.717) is 19.2 Å². The van der Waals surface area contributed by atoms with Crippen LogP contribution in [0.5, 0.6) is 11.5 Å². The van der Waals surface area contributed by atoms with Crippen molar-refractivity contribution in [1.29, 1.82) is 0 Å². The Morgan fingerprint density at radius 2 is 2.00 bits per heavy atom. The molecular formula is C17H28IN3O2. The van der Waals surface area contributed by atoms with Crippen LogP contribution in [-0.4, -0.2) is 32.8 Å². The van der Waals surface area contributed by atoms with Gasteiger partial charge in [0.15, 0.2) is 17.5 Å². The number of guanidine groups is 1. The summed E-state index contributed by atoms with van der Waals surface area (Å²) in [4.78, 5) is 4.30. The van der Waals surface area contributed by atoms with Gasteiger partial charge in [-0.2, -0.15) is 0 Å². The molecule has 1 fully saturated rings. The van der Waals surface area contributed by atoms with Gasteiger partial charge < -0.3 is 20.1 Å². The summed E-state index contributed by atoms with van der Waals surface area (Å²) in [6, 6.07) is 6.55. The minimum Gasteiger partial charge on any atom is -0.493 e. The molecule has 1 aromatic carbocycles. The molecule has 23 heavy (non-hydrogen) atoms. The normalized spacial score (nSPS) is 15.0. The second-order valence-corrected chi connectivity index (χ2v) is 5.47. The van der Waals surface area contributed by atoms with Crippen molar-refractivity contribution in [3.63, 3.8) is 0 Å². The monoisotopic (exact) mass is 433 g/mol. The van der Waals surface area contributed by atoms with Gasteiger partial charge in [-0.1, -0.05) is 18.9 Å². The summed E-state index contributed by atoms with van der Waals surface area (Å²) in [6.07, 6.45) is 5.09. The molecule has 6 heteroatoms. The highest BCUT2D eigenvalue weighted by Gasteiger charge is 2.15. The van der Waals surface area contributed by atoms with Crippen molar-refractivity contribution in [3.8, 4) is 11.5 Å². The largest absolute Gasteiger partial charge is 0.493 e. The van der Waals surface area contributed by atoms with Crippen LogP contribution in [0, 0.1) is 0 Å². The molecule has 0 heterocycles. The maximum Gasteiger partial charge on any atom is 0.191 e. The van der Waals surface area contributed by atoms with E-state index in [-0.39, 0.29) is 24.0 Å². The molecule has 0 saturated heterocycles. The molecule has 2 rings (SSSR count). The number of hydrogen-bond donors (Lipinski definition) is 2. The summed E-state index contributed by atoms with van der Waals surface area (Å²) >= 11 is 0. The maximum absolute atomic E-state index is 5.61. The number of hydrogen-bond acceptors (Lipinski definition) is 3. The van der Waals surface area contributed by atoms with Gasteiger partial charge in [-0.25, -0.2) is 0 Å². The topological polar surface area (TPSA) is 54.9 Å². The Morgan fingerprint density at radius 1 is 1.26 bits per heavy atom. The number of benzene rings is 1. The van der Waals surface area contributed by atoms with Crippen molar-refractivity contribution >= 4 is 29.9 Å². The van der Waals surface area contributed by atoms with Crippen molar-refractivity contribution in [1.82, 2.24) is 10.6 Å². The van der Waals surface area contributed by atoms with E-state index in [1.165, 1.54) is 25.7 Å². The van der Waals surface area contributed by atoms with E-state index in [1.54, 1.807) is 7.11 Å². The molecule has 1 aliphatic carbocycles. The second-order valence-electron chi connectivity index (χ2n) is 5.47. The molecule has 0 bridgehead atoms. The SMILES string of the molecule is CCOc1cc(CNC(=NC)NC2CCCC2)ccc1OC.I. The maximum atomic E-state index is 5.61. The summed E-state index contributed by atoms with van der Waals surface area (Å²) < 4.78 is 10.9. The minimum absolute atomic E-state index is 0. The van der Waals surface area contributed by atoms with E-state index >= 15 is 0 Å². The van der Waals surface area contributed by atoms with E-state index < -0.39 is 0 Å². The van der Waals surface area contributed by atoms with Gasteiger partial charge in [-0.3, -0.25) is 4.99 Å². The second kappa shape index (κ2) is 10.6. The highest BCUT2D eigenvalue weighted by molar-refractivity contribution is 14.0. The zero-order chi connectivity index (χ0) is 15.8. The van der Waals surface area contributed by atoms with E-state index in [2.05, 4.69) is 15.6 Å². The third-order valence-electron chi connectivity index (χ3n) is 3.91. The van der Waals surface area contributed by atoms with Crippen molar-refractivity contribution in [2.24, 2.45) is 4.99 Å². The smallest absolute Gasteiger partial charge is 0.191 e. The molecule has 1 saturated carbocycles. The Hall–Kier alpha value is -1.18. The molecule has 5 nitrogen and oxygen atoms in total. The Kier molecular flexibility index (Phi) is 9.13. The van der Waals surface area contributed by atoms with Crippen LogP contribution in [0.3, 0.4) is 0 Å². The lowest BCUT2D eigenvalue weighted by molar-refractivity contribution is 0.310. The molecule has 1 aromatic rings. The highest BCUT2D eigenvalue weighted by Crippen LogP contribution is 2.28. The van der Waals surface area contributed by atoms with Crippen LogP contribution in [0.1, 0.15) is 38.2 Å². The number of nitrogens with one attached hydrogen (secondary N) is 2. The Bertz CT molecular complexity index is 503. The van der Waals surface area contributed by atoms with Gasteiger partial charge in [0.2, 0.25) is 0 Å². The molecule has 0 atom stereocenters. The van der Waals surface area contributed by atoms with Gasteiger partial charge >= 0.3 is 0 Å². The molecule has 0 aliphatic heterocycles. The first-order valence-corrected chi connectivity index (χ1v) is 8.03. The van der Waals surface area contributed by atoms with Gasteiger partial charge in [0.25, 0.3) is 0 Å². The van der Waals surface area contributed by atoms with E-state index in [9.17, 15) is 0 Å². The summed E-state index contributed by atoms with van der Waals surface area (Å²) in [5.74, 6) is 2.41. The molecule has 0 spiro atoms. The van der Waals surface area contributed by atoms with Crippen LogP contribution in [0.25, 0.3) is 0 Å². The third-order valence-corrected chi connectivity index (χ3v) is 3.91. The van der Waals surface area contributed by atoms with Gasteiger partial charge in [0, 0.05) is 19.6 Å². The van der Waals surface area contributed by atoms with Gasteiger partial charge in [0.1, 0.15) is 0 Å². The first-order valence-electron chi connectivity index (χ1n) is 8.03. The number of methoxy groups -OCH3 is 1. The number of rotatable bonds is 6. The fourth-order valence-corrected chi connectivity index (χ4v) is 2.74. The number of ether oxygens (including phenoxy) is 2. The number of nitrogens with zero attached hydrogens (tertiary/aromatic N) is 1. The lowest BCUT2D eigenvalue weighted by Gasteiger charge is -2.17. The van der Waals surface area contributed by atoms with E-state index in [0.717, 1.165) is 23.0 Å². The zero-order valence-corrected chi connectivity index (χ0v) is 16.6. The van der Waals surface area contributed by atoms with Crippen molar-refractivity contribution in [2.45, 2.75) is 45.2 Å². The molecule has 0 amide bonds. The van der Waals surface area contributed by atoms with E-state index in [4.69, 9.17) is 9.47 Å². The van der Waals surface area contributed by atoms with Crippen molar-refractivity contribution in [3.05, 3.63) is 23.8 Å². The predicted octanol–water partition coefficient (Wildman–Crippen LogP) is 3.32. The number of aliphatic imine (C=N–C) groups is 1. The molecule has 1 aliphatic rings. The average molecular weight is 433 g/mol. The molecular weight excluding hydrogens is 405 g/mol. The van der Waals surface area contributed by atoms with Crippen LogP contribution in [0.2, 0.25) is 0 Å². The van der Waals surface area contributed by atoms with Crippen LogP contribution in [0.4, 0.5) is 0 Å². The Labute approximate surface area is 156 Å². The van der Waals surface area contributed by atoms with Gasteiger partial charge in [-0.15, -0.1) is 24.0 Å². The van der Waals surface area contributed by atoms with Crippen molar-refractivity contribution in [2.75, 3.05) is 20.8 Å². The first-order chi connectivity index (χ1) is 10.8. The molecule has 130 valence electrons. The van der Waals surface area contributed by atoms with Crippen LogP contribution >= 0.6 is 24.0 Å². The van der Waals surface area contributed by atoms with E-state index in [1.807, 2.05) is 32.2 Å². The lowest BCUT2D eigenvalue weighted by Crippen LogP contribution is -2.41. The van der Waals surface area contributed by atoms with Crippen LogP contribution < -0.4 is 20.1 Å². The average Bonchev–Trinajstić information content (AvgIpc) is 3.05. The standard InChI is InChI=1S/C17H27N3O2.HI/c1-4-22-16-11-13(9-10-15(16)21-3)12-19-17(18-2)20-14-7-5-6-8-14;/h9-11,14H,4-8,12H2,1-3H3,(H2,18,19,20);1H. The summed E-state index contributed by atoms with van der Waals surface area (Å²) in [6.45, 7) is 3.30. The Balaban J connectivity index is 0.00000264. The summed E-state index contributed by atoms with van der Waals surface area (Å²) in [7, 11) is 3.47. The van der Waals surface area contributed by atoms with Gasteiger partial charge in [0.05, 0.1) is 13.7 Å². The summed E-state index contributed by atoms with van der Waals surface area (Å²) in [5.41, 5.74) is 1.14. The first kappa shape index (κ1) is 19.9. The minimum atomic E-state index is 0. The fraction of sp³-hybridized carbons (Fsp3) is 0.588. The zero-order valence-electron chi connectivity index (χ0n) is 14.2. The summed E-state index contributed by atoms with van der Waals surface area (Å²) in [5, 5.41) is 6.84. The van der Waals surface area contributed by atoms with Crippen LogP contribution in [-0.2, 0) is 6.54 Å². The number of halogens is 1. The highest BCUT2D eigenvalue weighted by atomic mass is 127. The lowest BCUT2D eigenvalue weighted by atomic mass is 10.2. The van der Waals surface area contributed by atoms with Crippen LogP contribution in [0.15, 0.2) is 23.2 Å². The molecule has 2 N–H and O–H groups in total. The predicted molar refractivity (Wildman–Crippen MR) is 105 cm³/mol.